The third-order valence-electron chi connectivity index (χ3n) is 3.02. The van der Waals surface area contributed by atoms with Gasteiger partial charge in [-0.3, -0.25) is 4.79 Å². The Morgan fingerprint density at radius 3 is 2.65 bits per heavy atom. The van der Waals surface area contributed by atoms with Crippen molar-refractivity contribution in [2.24, 2.45) is 0 Å². The van der Waals surface area contributed by atoms with Gasteiger partial charge in [-0.05, 0) is 26.2 Å². The number of aliphatic hydroxyl groups excluding tert-OH is 1. The van der Waals surface area contributed by atoms with Gasteiger partial charge in [-0.1, -0.05) is 13.0 Å². The van der Waals surface area contributed by atoms with Crippen LogP contribution in [0.1, 0.15) is 33.1 Å². The van der Waals surface area contributed by atoms with Crippen molar-refractivity contribution in [3.63, 3.8) is 0 Å². The number of piperidine rings is 1. The maximum atomic E-state index is 12.0. The summed E-state index contributed by atoms with van der Waals surface area (Å²) in [5.41, 5.74) is 0.835. The lowest BCUT2D eigenvalue weighted by Crippen LogP contribution is -2.41. The van der Waals surface area contributed by atoms with Crippen LogP contribution >= 0.6 is 0 Å². The summed E-state index contributed by atoms with van der Waals surface area (Å²) >= 11 is 0. The van der Waals surface area contributed by atoms with Gasteiger partial charge in [0.2, 0.25) is 5.91 Å². The zero-order valence-electron chi connectivity index (χ0n) is 10.8. The third-order valence-corrected chi connectivity index (χ3v) is 3.02. The molecule has 1 aliphatic rings. The highest BCUT2D eigenvalue weighted by Crippen LogP contribution is 2.15. The van der Waals surface area contributed by atoms with Crippen LogP contribution in [-0.4, -0.2) is 48.3 Å². The van der Waals surface area contributed by atoms with Crippen molar-refractivity contribution < 1.29 is 14.6 Å². The number of ether oxygens (including phenoxy) is 1. The number of rotatable bonds is 5. The van der Waals surface area contributed by atoms with Gasteiger partial charge in [-0.25, -0.2) is 0 Å². The average Bonchev–Trinajstić information content (AvgIpc) is 2.36. The fourth-order valence-corrected chi connectivity index (χ4v) is 2.09. The number of likely N-dealkylation sites (tertiary alicyclic amines) is 1. The number of amides is 1. The smallest absolute Gasteiger partial charge is 0.249 e. The first-order valence-electron chi connectivity index (χ1n) is 6.37. The van der Waals surface area contributed by atoms with Crippen molar-refractivity contribution in [1.29, 1.82) is 0 Å². The molecule has 4 nitrogen and oxygen atoms in total. The van der Waals surface area contributed by atoms with E-state index >= 15 is 0 Å². The second-order valence-corrected chi connectivity index (χ2v) is 4.38. The maximum absolute atomic E-state index is 12.0. The number of aliphatic hydroxyl groups is 1. The monoisotopic (exact) mass is 241 g/mol. The van der Waals surface area contributed by atoms with Gasteiger partial charge in [0.15, 0.2) is 0 Å². The molecule has 0 aromatic carbocycles. The summed E-state index contributed by atoms with van der Waals surface area (Å²) in [7, 11) is 0. The Bertz CT molecular complexity index is 268. The molecule has 1 amide bonds. The van der Waals surface area contributed by atoms with Crippen LogP contribution in [0.15, 0.2) is 11.6 Å². The summed E-state index contributed by atoms with van der Waals surface area (Å²) < 4.78 is 5.47. The molecular formula is C13H23NO3. The summed E-state index contributed by atoms with van der Waals surface area (Å²) in [6.45, 7) is 5.88. The third kappa shape index (κ3) is 4.48. The molecule has 0 bridgehead atoms. The van der Waals surface area contributed by atoms with E-state index in [1.165, 1.54) is 0 Å². The first-order valence-corrected chi connectivity index (χ1v) is 6.37. The number of carbonyl (C=O) groups excluding carboxylic acids is 1. The van der Waals surface area contributed by atoms with Gasteiger partial charge in [0.25, 0.3) is 0 Å². The Labute approximate surface area is 103 Å². The molecule has 1 fully saturated rings. The fraction of sp³-hybridized carbons (Fsp3) is 0.769. The summed E-state index contributed by atoms with van der Waals surface area (Å²) in [6, 6.07) is 0. The zero-order chi connectivity index (χ0) is 12.7. The highest BCUT2D eigenvalue weighted by Gasteiger charge is 2.23. The van der Waals surface area contributed by atoms with E-state index in [1.807, 2.05) is 24.8 Å². The molecule has 17 heavy (non-hydrogen) atoms. The van der Waals surface area contributed by atoms with Crippen LogP contribution in [0.5, 0.6) is 0 Å². The van der Waals surface area contributed by atoms with Crippen molar-refractivity contribution >= 4 is 5.91 Å². The molecule has 0 atom stereocenters. The number of carbonyl (C=O) groups is 1. The minimum Gasteiger partial charge on any atom is -0.394 e. The highest BCUT2D eigenvalue weighted by molar-refractivity contribution is 5.92. The second kappa shape index (κ2) is 7.45. The molecule has 0 unspecified atom stereocenters. The van der Waals surface area contributed by atoms with Crippen LogP contribution < -0.4 is 0 Å². The number of allylic oxidation sites excluding steroid dienone is 1. The van der Waals surface area contributed by atoms with E-state index in [9.17, 15) is 4.79 Å². The lowest BCUT2D eigenvalue weighted by molar-refractivity contribution is -0.129. The molecular weight excluding hydrogens is 218 g/mol. The molecule has 98 valence electrons. The molecule has 0 aromatic heterocycles. The Balaban J connectivity index is 2.36. The predicted molar refractivity (Wildman–Crippen MR) is 66.7 cm³/mol. The van der Waals surface area contributed by atoms with Crippen LogP contribution in [0.3, 0.4) is 0 Å². The predicted octanol–water partition coefficient (Wildman–Crippen LogP) is 1.34. The number of hydrogen-bond donors (Lipinski definition) is 1. The van der Waals surface area contributed by atoms with Crippen molar-refractivity contribution in [3.8, 4) is 0 Å². The fourth-order valence-electron chi connectivity index (χ4n) is 2.09. The van der Waals surface area contributed by atoms with Gasteiger partial charge < -0.3 is 14.7 Å². The molecule has 0 aliphatic carbocycles. The van der Waals surface area contributed by atoms with E-state index in [2.05, 4.69) is 0 Å². The molecule has 1 N–H and O–H groups in total. The Morgan fingerprint density at radius 2 is 2.12 bits per heavy atom. The topological polar surface area (TPSA) is 49.8 Å². The number of nitrogens with zero attached hydrogens (tertiary/aromatic N) is 1. The van der Waals surface area contributed by atoms with E-state index in [-0.39, 0.29) is 18.6 Å². The summed E-state index contributed by atoms with van der Waals surface area (Å²) in [5.74, 6) is 0.146. The van der Waals surface area contributed by atoms with E-state index < -0.39 is 0 Å². The first-order chi connectivity index (χ1) is 8.19. The van der Waals surface area contributed by atoms with E-state index in [1.54, 1.807) is 0 Å². The van der Waals surface area contributed by atoms with Crippen LogP contribution in [0.25, 0.3) is 0 Å². The molecule has 0 radical (unpaired) electrons. The van der Waals surface area contributed by atoms with Crippen LogP contribution in [0.4, 0.5) is 0 Å². The lowest BCUT2D eigenvalue weighted by atomic mass is 10.1. The average molecular weight is 241 g/mol. The van der Waals surface area contributed by atoms with Gasteiger partial charge in [0.05, 0.1) is 19.3 Å². The van der Waals surface area contributed by atoms with Crippen LogP contribution in [0, 0.1) is 0 Å². The first kappa shape index (κ1) is 14.2. The van der Waals surface area contributed by atoms with Gasteiger partial charge in [0.1, 0.15) is 0 Å². The Hall–Kier alpha value is -0.870. The van der Waals surface area contributed by atoms with E-state index in [4.69, 9.17) is 9.84 Å². The summed E-state index contributed by atoms with van der Waals surface area (Å²) in [4.78, 5) is 13.9. The largest absolute Gasteiger partial charge is 0.394 e. The standard InChI is InChI=1S/C13H23NO3/c1-3-4-11(2)13(16)14-7-5-12(6-8-14)17-10-9-15/h4,12,15H,3,5-10H2,1-2H3/b11-4-. The Kier molecular flexibility index (Phi) is 6.22. The minimum atomic E-state index is 0.0670. The second-order valence-electron chi connectivity index (χ2n) is 4.38. The van der Waals surface area contributed by atoms with Crippen molar-refractivity contribution in [2.45, 2.75) is 39.2 Å². The van der Waals surface area contributed by atoms with Crippen LogP contribution in [0.2, 0.25) is 0 Å². The van der Waals surface area contributed by atoms with E-state index in [0.717, 1.165) is 37.9 Å². The Morgan fingerprint density at radius 1 is 1.47 bits per heavy atom. The van der Waals surface area contributed by atoms with Crippen molar-refractivity contribution in [3.05, 3.63) is 11.6 Å². The van der Waals surface area contributed by atoms with Crippen molar-refractivity contribution in [1.82, 2.24) is 4.90 Å². The lowest BCUT2D eigenvalue weighted by Gasteiger charge is -2.32. The molecule has 0 spiro atoms. The normalized spacial score (nSPS) is 18.5. The van der Waals surface area contributed by atoms with E-state index in [0.29, 0.717) is 6.61 Å². The summed E-state index contributed by atoms with van der Waals surface area (Å²) in [5, 5.41) is 8.67. The molecule has 0 aromatic rings. The van der Waals surface area contributed by atoms with Gasteiger partial charge in [-0.15, -0.1) is 0 Å². The van der Waals surface area contributed by atoms with Gasteiger partial charge in [0, 0.05) is 18.7 Å². The highest BCUT2D eigenvalue weighted by atomic mass is 16.5. The molecule has 1 saturated heterocycles. The minimum absolute atomic E-state index is 0.0670. The van der Waals surface area contributed by atoms with Gasteiger partial charge in [-0.2, -0.15) is 0 Å². The SMILES string of the molecule is CC/C=C(/C)C(=O)N1CCC(OCCO)CC1. The molecule has 4 heteroatoms. The van der Waals surface area contributed by atoms with Gasteiger partial charge >= 0.3 is 0 Å². The zero-order valence-corrected chi connectivity index (χ0v) is 10.8. The molecule has 1 heterocycles. The molecule has 1 aliphatic heterocycles. The summed E-state index contributed by atoms with van der Waals surface area (Å²) in [6.07, 6.45) is 4.79. The molecule has 1 rings (SSSR count). The maximum Gasteiger partial charge on any atom is 0.249 e. The number of hydrogen-bond acceptors (Lipinski definition) is 3. The molecule has 0 saturated carbocycles. The van der Waals surface area contributed by atoms with Crippen LogP contribution in [-0.2, 0) is 9.53 Å². The van der Waals surface area contributed by atoms with Crippen molar-refractivity contribution in [2.75, 3.05) is 26.3 Å². The quantitative estimate of drug-likeness (QED) is 0.739.